The molecule has 3 aromatic carbocycles. The van der Waals surface area contributed by atoms with Crippen LogP contribution in [-0.2, 0) is 23.3 Å². The van der Waals surface area contributed by atoms with E-state index in [1.165, 1.54) is 42.2 Å². The van der Waals surface area contributed by atoms with Crippen LogP contribution in [0.5, 0.6) is 11.5 Å². The molecule has 0 spiro atoms. The molecule has 1 atom stereocenters. The number of benzene rings is 3. The number of aliphatic carboxylic acids is 1. The standard InChI is InChI=1S/C30H24F3N3O5S2/c1-17(29(37)38)40-22-10-12-24(13-11-22)42-16-26-25(35-28(43-26)19-6-8-21(9-7-19)30(31,32)33)15-39-23-5-3-4-20(14-23)27-34-18(2)41-36-27/h3-14,17H,15-16H2,1-2H3,(H,37,38). The Hall–Kier alpha value is -4.36. The summed E-state index contributed by atoms with van der Waals surface area (Å²) >= 11 is 2.91. The number of thiazole rings is 1. The highest BCUT2D eigenvalue weighted by molar-refractivity contribution is 7.98. The molecule has 5 rings (SSSR count). The van der Waals surface area contributed by atoms with Gasteiger partial charge in [0, 0.05) is 33.6 Å². The fourth-order valence-corrected chi connectivity index (χ4v) is 5.92. The van der Waals surface area contributed by atoms with E-state index in [4.69, 9.17) is 24.1 Å². The zero-order valence-electron chi connectivity index (χ0n) is 22.8. The molecule has 1 unspecified atom stereocenters. The minimum Gasteiger partial charge on any atom is -0.487 e. The minimum atomic E-state index is -4.43. The van der Waals surface area contributed by atoms with Crippen LogP contribution in [0, 0.1) is 6.92 Å². The van der Waals surface area contributed by atoms with Gasteiger partial charge in [0.15, 0.2) is 6.10 Å². The van der Waals surface area contributed by atoms with Crippen molar-refractivity contribution in [2.45, 2.75) is 43.4 Å². The lowest BCUT2D eigenvalue weighted by atomic mass is 10.1. The molecule has 0 amide bonds. The maximum atomic E-state index is 13.1. The topological polar surface area (TPSA) is 108 Å². The van der Waals surface area contributed by atoms with Gasteiger partial charge >= 0.3 is 12.1 Å². The number of ether oxygens (including phenoxy) is 2. The minimum absolute atomic E-state index is 0.127. The zero-order valence-corrected chi connectivity index (χ0v) is 24.4. The van der Waals surface area contributed by atoms with Gasteiger partial charge in [-0.3, -0.25) is 0 Å². The Balaban J connectivity index is 1.35. The largest absolute Gasteiger partial charge is 0.487 e. The summed E-state index contributed by atoms with van der Waals surface area (Å²) in [4.78, 5) is 21.8. The number of aromatic nitrogens is 3. The van der Waals surface area contributed by atoms with E-state index in [2.05, 4.69) is 10.1 Å². The maximum absolute atomic E-state index is 13.1. The van der Waals surface area contributed by atoms with Crippen LogP contribution < -0.4 is 9.47 Å². The molecule has 0 aliphatic carbocycles. The van der Waals surface area contributed by atoms with Gasteiger partial charge in [0.1, 0.15) is 23.1 Å². The van der Waals surface area contributed by atoms with Gasteiger partial charge in [0.05, 0.1) is 11.3 Å². The van der Waals surface area contributed by atoms with Crippen molar-refractivity contribution in [3.8, 4) is 33.5 Å². The summed E-state index contributed by atoms with van der Waals surface area (Å²) in [5.41, 5.74) is 1.22. The van der Waals surface area contributed by atoms with Crippen molar-refractivity contribution in [2.24, 2.45) is 0 Å². The molecule has 222 valence electrons. The van der Waals surface area contributed by atoms with Gasteiger partial charge < -0.3 is 19.1 Å². The lowest BCUT2D eigenvalue weighted by molar-refractivity contribution is -0.144. The summed E-state index contributed by atoms with van der Waals surface area (Å²) in [6, 6.07) is 19.2. The zero-order chi connectivity index (χ0) is 30.6. The lowest BCUT2D eigenvalue weighted by Crippen LogP contribution is -2.22. The molecule has 0 aliphatic heterocycles. The average molecular weight is 628 g/mol. The van der Waals surface area contributed by atoms with E-state index in [0.29, 0.717) is 45.2 Å². The molecular weight excluding hydrogens is 603 g/mol. The highest BCUT2D eigenvalue weighted by Gasteiger charge is 2.30. The third-order valence-electron chi connectivity index (χ3n) is 6.09. The van der Waals surface area contributed by atoms with Crippen LogP contribution in [0.25, 0.3) is 22.0 Å². The highest BCUT2D eigenvalue weighted by Crippen LogP contribution is 2.36. The fourth-order valence-electron chi connectivity index (χ4n) is 3.85. The number of aryl methyl sites for hydroxylation is 1. The van der Waals surface area contributed by atoms with Crippen molar-refractivity contribution in [3.63, 3.8) is 0 Å². The second-order valence-corrected chi connectivity index (χ2v) is 11.4. The first-order valence-electron chi connectivity index (χ1n) is 12.9. The highest BCUT2D eigenvalue weighted by atomic mass is 32.2. The molecule has 1 N–H and O–H groups in total. The number of hydrogen-bond donors (Lipinski definition) is 1. The Morgan fingerprint density at radius 3 is 2.42 bits per heavy atom. The molecule has 13 heteroatoms. The van der Waals surface area contributed by atoms with E-state index in [1.54, 1.807) is 31.2 Å². The maximum Gasteiger partial charge on any atom is 0.416 e. The summed E-state index contributed by atoms with van der Waals surface area (Å²) in [7, 11) is 0. The van der Waals surface area contributed by atoms with Crippen molar-refractivity contribution in [2.75, 3.05) is 0 Å². The number of rotatable bonds is 11. The van der Waals surface area contributed by atoms with Crippen LogP contribution >= 0.6 is 23.1 Å². The van der Waals surface area contributed by atoms with Crippen LogP contribution in [0.1, 0.15) is 28.9 Å². The summed E-state index contributed by atoms with van der Waals surface area (Å²) in [5.74, 6) is 1.35. The van der Waals surface area contributed by atoms with Crippen LogP contribution in [0.15, 0.2) is 82.2 Å². The number of carboxylic acid groups (broad SMARTS) is 1. The number of carbonyl (C=O) groups is 1. The number of carboxylic acids is 1. The second kappa shape index (κ2) is 12.9. The Bertz CT molecular complexity index is 1700. The summed E-state index contributed by atoms with van der Waals surface area (Å²) in [6.07, 6.45) is -5.40. The third-order valence-corrected chi connectivity index (χ3v) is 8.46. The van der Waals surface area contributed by atoms with Crippen molar-refractivity contribution in [3.05, 3.63) is 94.8 Å². The molecule has 43 heavy (non-hydrogen) atoms. The molecule has 0 bridgehead atoms. The van der Waals surface area contributed by atoms with E-state index in [9.17, 15) is 18.0 Å². The first-order valence-corrected chi connectivity index (χ1v) is 14.7. The van der Waals surface area contributed by atoms with Gasteiger partial charge in [0.2, 0.25) is 11.7 Å². The number of halogens is 3. The number of hydrogen-bond acceptors (Lipinski definition) is 9. The van der Waals surface area contributed by atoms with E-state index >= 15 is 0 Å². The van der Waals surface area contributed by atoms with Crippen molar-refractivity contribution >= 4 is 29.1 Å². The lowest BCUT2D eigenvalue weighted by Gasteiger charge is -2.10. The van der Waals surface area contributed by atoms with E-state index in [1.807, 2.05) is 24.3 Å². The van der Waals surface area contributed by atoms with Crippen molar-refractivity contribution in [1.82, 2.24) is 15.1 Å². The normalized spacial score (nSPS) is 12.2. The smallest absolute Gasteiger partial charge is 0.416 e. The number of thioether (sulfide) groups is 1. The summed E-state index contributed by atoms with van der Waals surface area (Å²) in [6.45, 7) is 3.28. The van der Waals surface area contributed by atoms with Crippen molar-refractivity contribution < 1.29 is 37.1 Å². The Labute approximate surface area is 252 Å². The van der Waals surface area contributed by atoms with E-state index < -0.39 is 23.8 Å². The number of nitrogens with zero attached hydrogens (tertiary/aromatic N) is 3. The molecule has 0 fully saturated rings. The molecule has 2 heterocycles. The first-order chi connectivity index (χ1) is 20.5. The van der Waals surface area contributed by atoms with Gasteiger partial charge in [-0.2, -0.15) is 18.2 Å². The van der Waals surface area contributed by atoms with Gasteiger partial charge in [-0.05, 0) is 55.5 Å². The predicted octanol–water partition coefficient (Wildman–Crippen LogP) is 7.91. The Morgan fingerprint density at radius 1 is 1.02 bits per heavy atom. The van der Waals surface area contributed by atoms with Crippen molar-refractivity contribution in [1.29, 1.82) is 0 Å². The third kappa shape index (κ3) is 7.73. The van der Waals surface area contributed by atoms with Crippen LogP contribution in [0.3, 0.4) is 0 Å². The van der Waals surface area contributed by atoms with Gasteiger partial charge in [0.25, 0.3) is 0 Å². The monoisotopic (exact) mass is 627 g/mol. The quantitative estimate of drug-likeness (QED) is 0.146. The van der Waals surface area contributed by atoms with Gasteiger partial charge in [-0.1, -0.05) is 29.4 Å². The Kier molecular flexibility index (Phi) is 9.02. The second-order valence-electron chi connectivity index (χ2n) is 9.28. The molecule has 2 aromatic heterocycles. The van der Waals surface area contributed by atoms with Gasteiger partial charge in [-0.25, -0.2) is 9.78 Å². The molecule has 0 radical (unpaired) electrons. The molecule has 5 aromatic rings. The Morgan fingerprint density at radius 2 is 1.77 bits per heavy atom. The molecular formula is C30H24F3N3O5S2. The van der Waals surface area contributed by atoms with E-state index in [0.717, 1.165) is 27.5 Å². The average Bonchev–Trinajstić information content (AvgIpc) is 3.61. The molecule has 0 saturated heterocycles. The summed E-state index contributed by atoms with van der Waals surface area (Å²) < 4.78 is 55.8. The predicted molar refractivity (Wildman–Crippen MR) is 155 cm³/mol. The van der Waals surface area contributed by atoms with Crippen LogP contribution in [0.2, 0.25) is 0 Å². The molecule has 0 saturated carbocycles. The fraction of sp³-hybridized carbons (Fsp3) is 0.200. The van der Waals surface area contributed by atoms with Gasteiger partial charge in [-0.15, -0.1) is 23.1 Å². The first kappa shape index (κ1) is 30.1. The van der Waals surface area contributed by atoms with E-state index in [-0.39, 0.29) is 6.61 Å². The molecule has 8 nitrogen and oxygen atoms in total. The van der Waals surface area contributed by atoms with Crippen LogP contribution in [0.4, 0.5) is 13.2 Å². The summed E-state index contributed by atoms with van der Waals surface area (Å²) in [5, 5.41) is 13.6. The SMILES string of the molecule is Cc1nc(-c2cccc(OCc3nc(-c4ccc(C(F)(F)F)cc4)sc3CSc3ccc(OC(C)C(=O)O)cc3)c2)no1. The number of alkyl halides is 3. The molecule has 0 aliphatic rings. The van der Waals surface area contributed by atoms with Crippen LogP contribution in [-0.4, -0.2) is 32.3 Å².